The smallest absolute Gasteiger partial charge is 0.0916 e. The summed E-state index contributed by atoms with van der Waals surface area (Å²) in [6.45, 7) is 10.5. The highest BCUT2D eigenvalue weighted by Crippen LogP contribution is 2.22. The van der Waals surface area contributed by atoms with Crippen molar-refractivity contribution in [2.45, 2.75) is 78.1 Å². The van der Waals surface area contributed by atoms with E-state index in [2.05, 4.69) is 13.8 Å². The molecule has 0 unspecified atom stereocenters. The molecule has 1 heterocycles. The van der Waals surface area contributed by atoms with Crippen LogP contribution in [0.15, 0.2) is 0 Å². The van der Waals surface area contributed by atoms with E-state index in [1.54, 1.807) is 0 Å². The zero-order chi connectivity index (χ0) is 16.9. The molecule has 1 rings (SSSR count). The molecule has 0 aliphatic carbocycles. The lowest BCUT2D eigenvalue weighted by Gasteiger charge is -2.34. The Bertz CT molecular complexity index is 341. The predicted octanol–water partition coefficient (Wildman–Crippen LogP) is 3.92. The third kappa shape index (κ3) is 13.5. The second-order valence-electron chi connectivity index (χ2n) is 6.77. The van der Waals surface area contributed by atoms with Gasteiger partial charge >= 0.3 is 0 Å². The Hall–Kier alpha value is -0.130. The first-order chi connectivity index (χ1) is 10.3. The average molecular weight is 336 g/mol. The van der Waals surface area contributed by atoms with Gasteiger partial charge in [0.1, 0.15) is 0 Å². The van der Waals surface area contributed by atoms with Crippen molar-refractivity contribution in [3.8, 4) is 0 Å². The third-order valence-electron chi connectivity index (χ3n) is 4.49. The summed E-state index contributed by atoms with van der Waals surface area (Å²) >= 11 is 0. The van der Waals surface area contributed by atoms with Crippen molar-refractivity contribution < 1.29 is 17.5 Å². The highest BCUT2D eigenvalue weighted by atomic mass is 32.2. The molecule has 1 aliphatic heterocycles. The van der Waals surface area contributed by atoms with Crippen LogP contribution >= 0.6 is 0 Å². The largest absolute Gasteiger partial charge is 0.748 e. The van der Waals surface area contributed by atoms with E-state index in [1.807, 2.05) is 0 Å². The van der Waals surface area contributed by atoms with E-state index < -0.39 is 10.1 Å². The molecule has 0 radical (unpaired) electrons. The maximum Gasteiger partial charge on any atom is 0.0916 e. The van der Waals surface area contributed by atoms with E-state index in [-0.39, 0.29) is 0 Å². The highest BCUT2D eigenvalue weighted by molar-refractivity contribution is 7.84. The molecule has 0 aromatic heterocycles. The number of nitrogens with zero attached hydrogens (tertiary/aromatic N) is 1. The lowest BCUT2D eigenvalue weighted by Crippen LogP contribution is -2.46. The van der Waals surface area contributed by atoms with Crippen LogP contribution in [0.25, 0.3) is 0 Å². The Morgan fingerprint density at radius 2 is 1.23 bits per heavy atom. The summed E-state index contributed by atoms with van der Waals surface area (Å²) in [6, 6.07) is 0. The van der Waals surface area contributed by atoms with E-state index in [0.29, 0.717) is 6.26 Å². The zero-order valence-electron chi connectivity index (χ0n) is 15.0. The maximum absolute atomic E-state index is 9.08. The Morgan fingerprint density at radius 1 is 0.818 bits per heavy atom. The maximum atomic E-state index is 9.08. The summed E-state index contributed by atoms with van der Waals surface area (Å²) < 4.78 is 28.7. The molecule has 0 amide bonds. The SMILES string of the molecule is CCCCCCCC[N+]1(CCCC)CCCC1.CS(=O)(=O)[O-]. The number of rotatable bonds is 10. The van der Waals surface area contributed by atoms with Crippen LogP contribution in [-0.4, -0.2) is 49.9 Å². The van der Waals surface area contributed by atoms with Gasteiger partial charge in [-0.25, -0.2) is 8.42 Å². The fourth-order valence-corrected chi connectivity index (χ4v) is 3.29. The quantitative estimate of drug-likeness (QED) is 0.345. The van der Waals surface area contributed by atoms with Crippen molar-refractivity contribution in [3.05, 3.63) is 0 Å². The lowest BCUT2D eigenvalue weighted by molar-refractivity contribution is -0.917. The minimum absolute atomic E-state index is 0.604. The van der Waals surface area contributed by atoms with Gasteiger partial charge in [0.05, 0.1) is 36.3 Å². The monoisotopic (exact) mass is 335 g/mol. The molecule has 1 fully saturated rings. The summed E-state index contributed by atoms with van der Waals surface area (Å²) in [5.74, 6) is 0. The molecule has 0 N–H and O–H groups in total. The molecule has 22 heavy (non-hydrogen) atoms. The van der Waals surface area contributed by atoms with Crippen LogP contribution in [0, 0.1) is 0 Å². The average Bonchev–Trinajstić information content (AvgIpc) is 2.88. The van der Waals surface area contributed by atoms with E-state index in [0.717, 1.165) is 0 Å². The van der Waals surface area contributed by atoms with Gasteiger partial charge in [0, 0.05) is 19.1 Å². The van der Waals surface area contributed by atoms with Crippen molar-refractivity contribution in [2.75, 3.05) is 32.4 Å². The number of likely N-dealkylation sites (tertiary alicyclic amines) is 1. The number of hydrogen-bond acceptors (Lipinski definition) is 3. The van der Waals surface area contributed by atoms with Crippen LogP contribution in [0.5, 0.6) is 0 Å². The topological polar surface area (TPSA) is 57.2 Å². The molecule has 1 aliphatic rings. The fourth-order valence-electron chi connectivity index (χ4n) is 3.29. The minimum atomic E-state index is -3.92. The van der Waals surface area contributed by atoms with Crippen LogP contribution in [0.2, 0.25) is 0 Å². The Labute approximate surface area is 138 Å². The van der Waals surface area contributed by atoms with E-state index in [9.17, 15) is 0 Å². The summed E-state index contributed by atoms with van der Waals surface area (Å²) in [7, 11) is -3.92. The van der Waals surface area contributed by atoms with E-state index in [4.69, 9.17) is 13.0 Å². The van der Waals surface area contributed by atoms with Crippen molar-refractivity contribution in [1.82, 2.24) is 0 Å². The van der Waals surface area contributed by atoms with Crippen LogP contribution in [-0.2, 0) is 10.1 Å². The summed E-state index contributed by atoms with van der Waals surface area (Å²) in [5, 5.41) is 0. The van der Waals surface area contributed by atoms with Gasteiger partial charge in [0.15, 0.2) is 0 Å². The zero-order valence-corrected chi connectivity index (χ0v) is 15.8. The van der Waals surface area contributed by atoms with Gasteiger partial charge in [-0.15, -0.1) is 0 Å². The molecule has 0 bridgehead atoms. The van der Waals surface area contributed by atoms with Gasteiger partial charge in [-0.3, -0.25) is 0 Å². The molecular weight excluding hydrogens is 298 g/mol. The molecule has 0 aromatic rings. The molecule has 0 aromatic carbocycles. The Balaban J connectivity index is 0.000000763. The Morgan fingerprint density at radius 3 is 1.73 bits per heavy atom. The van der Waals surface area contributed by atoms with Gasteiger partial charge in [-0.05, 0) is 19.3 Å². The first-order valence-corrected chi connectivity index (χ1v) is 10.9. The highest BCUT2D eigenvalue weighted by Gasteiger charge is 2.30. The molecule has 134 valence electrons. The molecule has 0 spiro atoms. The normalized spacial score (nSPS) is 17.1. The van der Waals surface area contributed by atoms with Crippen LogP contribution in [0.4, 0.5) is 0 Å². The van der Waals surface area contributed by atoms with Crippen molar-refractivity contribution in [3.63, 3.8) is 0 Å². The molecule has 0 saturated carbocycles. The summed E-state index contributed by atoms with van der Waals surface area (Å²) in [5.41, 5.74) is 0. The van der Waals surface area contributed by atoms with E-state index in [1.165, 1.54) is 94.9 Å². The number of unbranched alkanes of at least 4 members (excludes halogenated alkanes) is 6. The van der Waals surface area contributed by atoms with Gasteiger partial charge in [0.2, 0.25) is 0 Å². The number of quaternary nitrogens is 1. The molecule has 1 saturated heterocycles. The van der Waals surface area contributed by atoms with E-state index >= 15 is 0 Å². The first kappa shape index (κ1) is 21.9. The van der Waals surface area contributed by atoms with Gasteiger partial charge in [-0.2, -0.15) is 0 Å². The molecular formula is C17H37NO3S. The molecule has 5 heteroatoms. The van der Waals surface area contributed by atoms with Crippen LogP contribution < -0.4 is 0 Å². The number of hydrogen-bond donors (Lipinski definition) is 0. The van der Waals surface area contributed by atoms with Crippen LogP contribution in [0.3, 0.4) is 0 Å². The van der Waals surface area contributed by atoms with Crippen molar-refractivity contribution in [1.29, 1.82) is 0 Å². The lowest BCUT2D eigenvalue weighted by atomic mass is 10.1. The second-order valence-corrected chi connectivity index (χ2v) is 8.18. The summed E-state index contributed by atoms with van der Waals surface area (Å²) in [4.78, 5) is 0. The van der Waals surface area contributed by atoms with Crippen molar-refractivity contribution in [2.24, 2.45) is 0 Å². The minimum Gasteiger partial charge on any atom is -0.748 e. The van der Waals surface area contributed by atoms with Crippen molar-refractivity contribution >= 4 is 10.1 Å². The van der Waals surface area contributed by atoms with Gasteiger partial charge in [-0.1, -0.05) is 46.0 Å². The fraction of sp³-hybridized carbons (Fsp3) is 1.00. The second kappa shape index (κ2) is 12.3. The first-order valence-electron chi connectivity index (χ1n) is 9.09. The van der Waals surface area contributed by atoms with Gasteiger partial charge in [0.25, 0.3) is 0 Å². The summed E-state index contributed by atoms with van der Waals surface area (Å²) in [6.07, 6.45) is 15.1. The molecule has 4 nitrogen and oxygen atoms in total. The Kier molecular flexibility index (Phi) is 12.2. The van der Waals surface area contributed by atoms with Gasteiger partial charge < -0.3 is 9.04 Å². The predicted molar refractivity (Wildman–Crippen MR) is 92.9 cm³/mol. The van der Waals surface area contributed by atoms with Crippen LogP contribution in [0.1, 0.15) is 78.1 Å². The standard InChI is InChI=1S/C16H34N.CH4O3S/c1-3-5-7-8-9-10-14-17(13-6-4-2)15-11-12-16-17;1-5(2,3)4/h3-16H2,1-2H3;1H3,(H,2,3,4)/q+1;/p-1. The third-order valence-corrected chi connectivity index (χ3v) is 4.49. The molecule has 0 atom stereocenters.